The second-order valence-electron chi connectivity index (χ2n) is 5.10. The first-order valence-electron chi connectivity index (χ1n) is 6.42. The van der Waals surface area contributed by atoms with Crippen LogP contribution in [0.25, 0.3) is 11.3 Å². The fourth-order valence-electron chi connectivity index (χ4n) is 3.16. The van der Waals surface area contributed by atoms with Crippen LogP contribution in [-0.2, 0) is 0 Å². The van der Waals surface area contributed by atoms with Crippen LogP contribution in [0.2, 0.25) is 0 Å². The van der Waals surface area contributed by atoms with Crippen molar-refractivity contribution < 1.29 is 4.39 Å². The molecule has 2 aromatic rings. The largest absolute Gasteiger partial charge is 0.368 e. The Bertz CT molecular complexity index is 580. The Balaban J connectivity index is 1.86. The van der Waals surface area contributed by atoms with E-state index >= 15 is 0 Å². The zero-order valence-corrected chi connectivity index (χ0v) is 9.99. The van der Waals surface area contributed by atoms with Crippen molar-refractivity contribution in [3.63, 3.8) is 0 Å². The summed E-state index contributed by atoms with van der Waals surface area (Å²) in [5.41, 5.74) is 4.46. The van der Waals surface area contributed by atoms with E-state index in [4.69, 9.17) is 0 Å². The highest BCUT2D eigenvalue weighted by Gasteiger charge is 2.35. The van der Waals surface area contributed by atoms with E-state index in [0.29, 0.717) is 5.92 Å². The first-order chi connectivity index (χ1) is 8.83. The standard InChI is InChI=1S/C14H14FN3/c15-11-3-1-9(2-4-11)12-14-13(17-16-12)10-5-7-18(14)8-6-10/h1-4,10H,5-8H2,(H,16,17). The maximum Gasteiger partial charge on any atom is 0.123 e. The minimum atomic E-state index is -0.204. The molecule has 0 spiro atoms. The molecule has 92 valence electrons. The van der Waals surface area contributed by atoms with Crippen LogP contribution in [0.1, 0.15) is 24.5 Å². The van der Waals surface area contributed by atoms with E-state index < -0.39 is 0 Å². The van der Waals surface area contributed by atoms with E-state index in [9.17, 15) is 4.39 Å². The third kappa shape index (κ3) is 1.32. The fourth-order valence-corrected chi connectivity index (χ4v) is 3.16. The summed E-state index contributed by atoms with van der Waals surface area (Å²) in [4.78, 5) is 2.40. The highest BCUT2D eigenvalue weighted by atomic mass is 19.1. The van der Waals surface area contributed by atoms with Crippen molar-refractivity contribution in [3.05, 3.63) is 35.8 Å². The Morgan fingerprint density at radius 1 is 1.17 bits per heavy atom. The molecular weight excluding hydrogens is 229 g/mol. The number of anilines is 1. The lowest BCUT2D eigenvalue weighted by Crippen LogP contribution is -2.38. The second-order valence-corrected chi connectivity index (χ2v) is 5.10. The average Bonchev–Trinajstić information content (AvgIpc) is 2.88. The number of piperidine rings is 1. The summed E-state index contributed by atoms with van der Waals surface area (Å²) in [6.07, 6.45) is 2.44. The molecule has 1 saturated heterocycles. The zero-order valence-electron chi connectivity index (χ0n) is 9.99. The fraction of sp³-hybridized carbons (Fsp3) is 0.357. The summed E-state index contributed by atoms with van der Waals surface area (Å²) in [5.74, 6) is 0.427. The van der Waals surface area contributed by atoms with Crippen molar-refractivity contribution in [1.29, 1.82) is 0 Å². The van der Waals surface area contributed by atoms with Gasteiger partial charge >= 0.3 is 0 Å². The lowest BCUT2D eigenvalue weighted by atomic mass is 9.86. The minimum Gasteiger partial charge on any atom is -0.368 e. The molecule has 4 heteroatoms. The number of halogens is 1. The van der Waals surface area contributed by atoms with E-state index in [-0.39, 0.29) is 5.82 Å². The van der Waals surface area contributed by atoms with Crippen LogP contribution in [-0.4, -0.2) is 23.3 Å². The number of hydrogen-bond donors (Lipinski definition) is 1. The number of hydrogen-bond acceptors (Lipinski definition) is 2. The number of nitrogens with one attached hydrogen (secondary N) is 1. The van der Waals surface area contributed by atoms with Crippen molar-refractivity contribution in [1.82, 2.24) is 10.2 Å². The van der Waals surface area contributed by atoms with E-state index in [0.717, 1.165) is 24.3 Å². The Morgan fingerprint density at radius 2 is 1.89 bits per heavy atom. The maximum atomic E-state index is 13.0. The molecule has 0 amide bonds. The van der Waals surface area contributed by atoms with Crippen molar-refractivity contribution in [2.45, 2.75) is 18.8 Å². The number of aromatic nitrogens is 2. The van der Waals surface area contributed by atoms with Gasteiger partial charge in [0.25, 0.3) is 0 Å². The molecule has 0 saturated carbocycles. The van der Waals surface area contributed by atoms with Gasteiger partial charge in [0.1, 0.15) is 11.5 Å². The van der Waals surface area contributed by atoms with Gasteiger partial charge in [-0.3, -0.25) is 5.10 Å². The quantitative estimate of drug-likeness (QED) is 0.835. The van der Waals surface area contributed by atoms with Gasteiger partial charge in [-0.05, 0) is 37.1 Å². The lowest BCUT2D eigenvalue weighted by molar-refractivity contribution is 0.466. The monoisotopic (exact) mass is 243 g/mol. The number of rotatable bonds is 1. The van der Waals surface area contributed by atoms with Gasteiger partial charge in [-0.15, -0.1) is 0 Å². The van der Waals surface area contributed by atoms with Crippen LogP contribution in [0.4, 0.5) is 10.1 Å². The first-order valence-corrected chi connectivity index (χ1v) is 6.42. The van der Waals surface area contributed by atoms with Gasteiger partial charge in [0.05, 0.1) is 11.4 Å². The molecule has 3 nitrogen and oxygen atoms in total. The molecule has 1 fully saturated rings. The van der Waals surface area contributed by atoms with Gasteiger partial charge < -0.3 is 4.90 Å². The highest BCUT2D eigenvalue weighted by molar-refractivity contribution is 5.79. The molecule has 1 aromatic carbocycles. The first kappa shape index (κ1) is 10.1. The van der Waals surface area contributed by atoms with E-state index in [1.54, 1.807) is 12.1 Å². The van der Waals surface area contributed by atoms with Crippen LogP contribution >= 0.6 is 0 Å². The van der Waals surface area contributed by atoms with Crippen LogP contribution in [0, 0.1) is 5.82 Å². The molecular formula is C14H14FN3. The van der Waals surface area contributed by atoms with E-state index in [1.807, 2.05) is 0 Å². The third-order valence-electron chi connectivity index (χ3n) is 4.10. The smallest absolute Gasteiger partial charge is 0.123 e. The number of H-pyrrole nitrogens is 1. The molecule has 1 aromatic heterocycles. The molecule has 3 aliphatic heterocycles. The van der Waals surface area contributed by atoms with Gasteiger partial charge in [-0.2, -0.15) is 5.10 Å². The third-order valence-corrected chi connectivity index (χ3v) is 4.10. The Kier molecular flexibility index (Phi) is 2.01. The Labute approximate surface area is 105 Å². The Morgan fingerprint density at radius 3 is 2.61 bits per heavy atom. The predicted molar refractivity (Wildman–Crippen MR) is 68.2 cm³/mol. The molecule has 18 heavy (non-hydrogen) atoms. The minimum absolute atomic E-state index is 0.204. The molecule has 0 aliphatic carbocycles. The van der Waals surface area contributed by atoms with Crippen molar-refractivity contribution in [2.75, 3.05) is 18.0 Å². The van der Waals surface area contributed by atoms with E-state index in [1.165, 1.54) is 36.4 Å². The molecule has 0 unspecified atom stereocenters. The number of fused-ring (bicyclic) bond motifs is 2. The number of nitrogens with zero attached hydrogens (tertiary/aromatic N) is 2. The molecule has 0 atom stereocenters. The normalized spacial score (nSPS) is 18.2. The summed E-state index contributed by atoms with van der Waals surface area (Å²) in [6.45, 7) is 2.23. The molecule has 0 radical (unpaired) electrons. The average molecular weight is 243 g/mol. The maximum absolute atomic E-state index is 13.0. The molecule has 4 heterocycles. The van der Waals surface area contributed by atoms with Crippen LogP contribution in [0.3, 0.4) is 0 Å². The van der Waals surface area contributed by atoms with Crippen LogP contribution in [0.5, 0.6) is 0 Å². The highest BCUT2D eigenvalue weighted by Crippen LogP contribution is 2.45. The second kappa shape index (κ2) is 3.57. The predicted octanol–water partition coefficient (Wildman–Crippen LogP) is 2.91. The van der Waals surface area contributed by atoms with Gasteiger partial charge in [-0.25, -0.2) is 4.39 Å². The summed E-state index contributed by atoms with van der Waals surface area (Å²) in [6, 6.07) is 6.59. The SMILES string of the molecule is Fc1ccc(-c2n[nH]c3c2N2CCC3CC2)cc1. The van der Waals surface area contributed by atoms with Crippen LogP contribution in [0.15, 0.2) is 24.3 Å². The summed E-state index contributed by atoms with van der Waals surface area (Å²) in [7, 11) is 0. The van der Waals surface area contributed by atoms with Crippen LogP contribution < -0.4 is 4.90 Å². The number of benzene rings is 1. The lowest BCUT2D eigenvalue weighted by Gasteiger charge is -2.40. The molecule has 2 bridgehead atoms. The van der Waals surface area contributed by atoms with Crippen molar-refractivity contribution in [3.8, 4) is 11.3 Å². The molecule has 5 rings (SSSR count). The van der Waals surface area contributed by atoms with E-state index in [2.05, 4.69) is 15.1 Å². The summed E-state index contributed by atoms with van der Waals surface area (Å²) in [5, 5.41) is 7.63. The van der Waals surface area contributed by atoms with Gasteiger partial charge in [0.15, 0.2) is 0 Å². The summed E-state index contributed by atoms with van der Waals surface area (Å²) >= 11 is 0. The number of aromatic amines is 1. The van der Waals surface area contributed by atoms with Crippen molar-refractivity contribution in [2.24, 2.45) is 0 Å². The molecule has 3 aliphatic rings. The van der Waals surface area contributed by atoms with Crippen molar-refractivity contribution >= 4 is 5.69 Å². The summed E-state index contributed by atoms with van der Waals surface area (Å²) < 4.78 is 13.0. The zero-order chi connectivity index (χ0) is 12.1. The topological polar surface area (TPSA) is 31.9 Å². The van der Waals surface area contributed by atoms with Gasteiger partial charge in [0, 0.05) is 24.6 Å². The van der Waals surface area contributed by atoms with Gasteiger partial charge in [-0.1, -0.05) is 0 Å². The van der Waals surface area contributed by atoms with Gasteiger partial charge in [0.2, 0.25) is 0 Å². The Hall–Kier alpha value is -1.84. The molecule has 1 N–H and O–H groups in total.